The van der Waals surface area contributed by atoms with Gasteiger partial charge < -0.3 is 15.0 Å². The number of hydrogen-bond donors (Lipinski definition) is 1. The van der Waals surface area contributed by atoms with Crippen LogP contribution in [0.5, 0.6) is 5.75 Å². The number of amides is 2. The minimum absolute atomic E-state index is 0.0912. The molecule has 1 aliphatic heterocycles. The zero-order chi connectivity index (χ0) is 28.6. The van der Waals surface area contributed by atoms with Crippen LogP contribution in [-0.4, -0.2) is 29.6 Å². The summed E-state index contributed by atoms with van der Waals surface area (Å²) in [4.78, 5) is 28.9. The molecule has 3 aromatic carbocycles. The fourth-order valence-corrected chi connectivity index (χ4v) is 5.63. The molecule has 0 radical (unpaired) electrons. The van der Waals surface area contributed by atoms with Crippen molar-refractivity contribution < 1.29 is 31.9 Å². The number of carbonyl (C=O) groups excluding carboxylic acids is 2. The summed E-state index contributed by atoms with van der Waals surface area (Å²) < 4.78 is 57.1. The van der Waals surface area contributed by atoms with E-state index in [-0.39, 0.29) is 18.0 Å². The highest BCUT2D eigenvalue weighted by Gasteiger charge is 2.41. The number of piperidine rings is 1. The standard InChI is InChI=1S/C31H28F4N2O3/c1-18-8-9-20-10-13-22(17-25(18)20)36-29(38)24-6-4-16-37(30(39)27-19(2)5-3-7-26(27)32)28(24)21-11-14-23(15-12-21)40-31(33,34)35/h3,5,7-8,10-15,17,24,28H,4,6,9,16H2,1-2H3,(H,36,38)/t24-,28-/m0/s1. The number of carbonyl (C=O) groups is 2. The van der Waals surface area contributed by atoms with E-state index < -0.39 is 35.8 Å². The summed E-state index contributed by atoms with van der Waals surface area (Å²) in [6, 6.07) is 14.3. The number of alkyl halides is 3. The summed E-state index contributed by atoms with van der Waals surface area (Å²) in [5.74, 6) is -2.73. The first-order chi connectivity index (χ1) is 19.0. The monoisotopic (exact) mass is 552 g/mol. The summed E-state index contributed by atoms with van der Waals surface area (Å²) in [5.41, 5.74) is 4.77. The molecule has 1 aliphatic carbocycles. The lowest BCUT2D eigenvalue weighted by Gasteiger charge is -2.41. The van der Waals surface area contributed by atoms with Gasteiger partial charge in [-0.3, -0.25) is 9.59 Å². The maximum absolute atomic E-state index is 14.8. The molecule has 0 unspecified atom stereocenters. The maximum Gasteiger partial charge on any atom is 0.573 e. The minimum atomic E-state index is -4.86. The van der Waals surface area contributed by atoms with Crippen LogP contribution in [0.25, 0.3) is 5.57 Å². The van der Waals surface area contributed by atoms with Crippen LogP contribution in [0.4, 0.5) is 23.2 Å². The molecule has 0 bridgehead atoms. The number of rotatable bonds is 5. The zero-order valence-corrected chi connectivity index (χ0v) is 22.0. The Morgan fingerprint density at radius 2 is 1.77 bits per heavy atom. The first-order valence-corrected chi connectivity index (χ1v) is 13.0. The van der Waals surface area contributed by atoms with E-state index in [0.29, 0.717) is 29.7 Å². The van der Waals surface area contributed by atoms with Crippen molar-refractivity contribution in [1.29, 1.82) is 0 Å². The number of nitrogens with one attached hydrogen (secondary N) is 1. The Morgan fingerprint density at radius 3 is 2.48 bits per heavy atom. The SMILES string of the molecule is CC1=CCc2ccc(NC(=O)[C@H]3CCCN(C(=O)c4c(C)cccc4F)[C@H]3c3ccc(OC(F)(F)F)cc3)cc21. The van der Waals surface area contributed by atoms with Crippen LogP contribution in [0, 0.1) is 18.7 Å². The van der Waals surface area contributed by atoms with Crippen molar-refractivity contribution in [3.8, 4) is 5.75 Å². The third kappa shape index (κ3) is 5.59. The van der Waals surface area contributed by atoms with E-state index in [2.05, 4.69) is 16.1 Å². The van der Waals surface area contributed by atoms with Crippen molar-refractivity contribution in [3.05, 3.63) is 100 Å². The molecule has 40 heavy (non-hydrogen) atoms. The molecule has 1 fully saturated rings. The molecular weight excluding hydrogens is 524 g/mol. The number of allylic oxidation sites excluding steroid dienone is 2. The number of hydrogen-bond acceptors (Lipinski definition) is 3. The smallest absolute Gasteiger partial charge is 0.406 e. The highest BCUT2D eigenvalue weighted by atomic mass is 19.4. The van der Waals surface area contributed by atoms with Crippen molar-refractivity contribution in [1.82, 2.24) is 4.90 Å². The highest BCUT2D eigenvalue weighted by molar-refractivity contribution is 5.98. The van der Waals surface area contributed by atoms with Gasteiger partial charge in [0.05, 0.1) is 17.5 Å². The van der Waals surface area contributed by atoms with Gasteiger partial charge in [-0.05, 0) is 91.3 Å². The van der Waals surface area contributed by atoms with E-state index in [1.54, 1.807) is 13.0 Å². The Hall–Kier alpha value is -4.14. The second-order valence-corrected chi connectivity index (χ2v) is 10.2. The third-order valence-corrected chi connectivity index (χ3v) is 7.55. The van der Waals surface area contributed by atoms with Gasteiger partial charge in [-0.15, -0.1) is 13.2 Å². The Bertz CT molecular complexity index is 1460. The van der Waals surface area contributed by atoms with Crippen LogP contribution < -0.4 is 10.1 Å². The van der Waals surface area contributed by atoms with Gasteiger partial charge in [0.25, 0.3) is 5.91 Å². The largest absolute Gasteiger partial charge is 0.573 e. The van der Waals surface area contributed by atoms with Crippen LogP contribution in [0.2, 0.25) is 0 Å². The van der Waals surface area contributed by atoms with E-state index >= 15 is 0 Å². The molecule has 2 atom stereocenters. The lowest BCUT2D eigenvalue weighted by molar-refractivity contribution is -0.274. The van der Waals surface area contributed by atoms with Crippen LogP contribution in [0.1, 0.15) is 58.4 Å². The number of halogens is 4. The zero-order valence-electron chi connectivity index (χ0n) is 22.0. The van der Waals surface area contributed by atoms with E-state index in [1.807, 2.05) is 25.1 Å². The second kappa shape index (κ2) is 10.8. The molecule has 5 nitrogen and oxygen atoms in total. The van der Waals surface area contributed by atoms with Crippen molar-refractivity contribution in [2.45, 2.75) is 45.5 Å². The van der Waals surface area contributed by atoms with Crippen molar-refractivity contribution in [2.75, 3.05) is 11.9 Å². The van der Waals surface area contributed by atoms with Gasteiger partial charge in [-0.2, -0.15) is 0 Å². The average molecular weight is 553 g/mol. The topological polar surface area (TPSA) is 58.6 Å². The molecule has 0 spiro atoms. The first kappa shape index (κ1) is 27.4. The van der Waals surface area contributed by atoms with Crippen molar-refractivity contribution >= 4 is 23.1 Å². The normalized spacial score (nSPS) is 18.6. The van der Waals surface area contributed by atoms with Crippen LogP contribution in [-0.2, 0) is 11.2 Å². The predicted octanol–water partition coefficient (Wildman–Crippen LogP) is 7.22. The van der Waals surface area contributed by atoms with Gasteiger partial charge >= 0.3 is 6.36 Å². The highest BCUT2D eigenvalue weighted by Crippen LogP contribution is 2.40. The summed E-state index contributed by atoms with van der Waals surface area (Å²) in [6.45, 7) is 3.90. The lowest BCUT2D eigenvalue weighted by Crippen LogP contribution is -2.46. The molecular formula is C31H28F4N2O3. The van der Waals surface area contributed by atoms with Gasteiger partial charge in [0.2, 0.25) is 5.91 Å². The first-order valence-electron chi connectivity index (χ1n) is 13.0. The molecule has 1 N–H and O–H groups in total. The third-order valence-electron chi connectivity index (χ3n) is 7.55. The Morgan fingerprint density at radius 1 is 1.02 bits per heavy atom. The van der Waals surface area contributed by atoms with Crippen LogP contribution in [0.3, 0.4) is 0 Å². The van der Waals surface area contributed by atoms with E-state index in [9.17, 15) is 27.2 Å². The number of likely N-dealkylation sites (tertiary alicyclic amines) is 1. The van der Waals surface area contributed by atoms with E-state index in [1.165, 1.54) is 34.7 Å². The molecule has 9 heteroatoms. The van der Waals surface area contributed by atoms with Crippen LogP contribution in [0.15, 0.2) is 66.7 Å². The molecule has 2 amide bonds. The molecule has 1 heterocycles. The fourth-order valence-electron chi connectivity index (χ4n) is 5.63. The molecule has 208 valence electrons. The second-order valence-electron chi connectivity index (χ2n) is 10.2. The van der Waals surface area contributed by atoms with Crippen LogP contribution >= 0.6 is 0 Å². The van der Waals surface area contributed by atoms with Gasteiger partial charge in [-0.1, -0.05) is 36.4 Å². The maximum atomic E-state index is 14.8. The Balaban J connectivity index is 1.49. The van der Waals surface area contributed by atoms with Crippen molar-refractivity contribution in [2.24, 2.45) is 5.92 Å². The molecule has 0 saturated carbocycles. The quantitative estimate of drug-likeness (QED) is 0.340. The summed E-state index contributed by atoms with van der Waals surface area (Å²) >= 11 is 0. The summed E-state index contributed by atoms with van der Waals surface area (Å²) in [7, 11) is 0. The van der Waals surface area contributed by atoms with Gasteiger partial charge in [-0.25, -0.2) is 4.39 Å². The number of nitrogens with zero attached hydrogens (tertiary/aromatic N) is 1. The van der Waals surface area contributed by atoms with Gasteiger partial charge in [0.1, 0.15) is 11.6 Å². The Labute approximate surface area is 229 Å². The minimum Gasteiger partial charge on any atom is -0.406 e. The number of ether oxygens (including phenoxy) is 1. The number of benzene rings is 3. The molecule has 0 aromatic heterocycles. The van der Waals surface area contributed by atoms with E-state index in [0.717, 1.165) is 29.7 Å². The number of fused-ring (bicyclic) bond motifs is 1. The fraction of sp³-hybridized carbons (Fsp3) is 0.290. The van der Waals surface area contributed by atoms with Gasteiger partial charge in [0, 0.05) is 12.2 Å². The summed E-state index contributed by atoms with van der Waals surface area (Å²) in [6.07, 6.45) is -0.979. The molecule has 5 rings (SSSR count). The number of anilines is 1. The summed E-state index contributed by atoms with van der Waals surface area (Å²) in [5, 5.41) is 2.97. The number of aryl methyl sites for hydroxylation is 1. The molecule has 1 saturated heterocycles. The Kier molecular flexibility index (Phi) is 7.40. The van der Waals surface area contributed by atoms with E-state index in [4.69, 9.17) is 0 Å². The lowest BCUT2D eigenvalue weighted by atomic mass is 9.83. The van der Waals surface area contributed by atoms with Crippen molar-refractivity contribution in [3.63, 3.8) is 0 Å². The molecule has 3 aromatic rings. The predicted molar refractivity (Wildman–Crippen MR) is 143 cm³/mol. The average Bonchev–Trinajstić information content (AvgIpc) is 3.27. The van der Waals surface area contributed by atoms with Gasteiger partial charge in [0.15, 0.2) is 0 Å². The molecule has 2 aliphatic rings.